The highest BCUT2D eigenvalue weighted by molar-refractivity contribution is 6.31. The standard InChI is InChI=1S/C20H17ClN2O5/c1-26-16-8-3-12(9-17(16)27-2)15-10-20(28-22-15)11-18(24)23(19(20)25)14-6-4-13(21)5-7-14/h3-9H,10-11H2,1-2H3. The first-order valence-electron chi connectivity index (χ1n) is 8.58. The predicted octanol–water partition coefficient (Wildman–Crippen LogP) is 3.18. The number of hydrogen-bond donors (Lipinski definition) is 0. The lowest BCUT2D eigenvalue weighted by atomic mass is 9.92. The smallest absolute Gasteiger partial charge is 0.281 e. The topological polar surface area (TPSA) is 77.4 Å². The van der Waals surface area contributed by atoms with Crippen molar-refractivity contribution in [3.63, 3.8) is 0 Å². The Balaban J connectivity index is 1.59. The van der Waals surface area contributed by atoms with Gasteiger partial charge in [0.1, 0.15) is 0 Å². The van der Waals surface area contributed by atoms with Crippen LogP contribution in [0, 0.1) is 0 Å². The molecule has 2 aromatic carbocycles. The normalized spacial score (nSPS) is 21.1. The number of hydrogen-bond acceptors (Lipinski definition) is 6. The van der Waals surface area contributed by atoms with E-state index in [0.29, 0.717) is 27.9 Å². The van der Waals surface area contributed by atoms with Gasteiger partial charge in [-0.15, -0.1) is 0 Å². The van der Waals surface area contributed by atoms with Crippen molar-refractivity contribution in [1.29, 1.82) is 0 Å². The molecule has 1 atom stereocenters. The van der Waals surface area contributed by atoms with Crippen LogP contribution in [-0.2, 0) is 14.4 Å². The minimum atomic E-state index is -1.32. The van der Waals surface area contributed by atoms with Crippen molar-refractivity contribution in [3.8, 4) is 11.5 Å². The molecular formula is C20H17ClN2O5. The van der Waals surface area contributed by atoms with Gasteiger partial charge in [-0.2, -0.15) is 0 Å². The summed E-state index contributed by atoms with van der Waals surface area (Å²) >= 11 is 5.89. The molecule has 0 aliphatic carbocycles. The highest BCUT2D eigenvalue weighted by Gasteiger charge is 2.58. The first-order valence-corrected chi connectivity index (χ1v) is 8.95. The molecule has 2 aromatic rings. The molecule has 8 heteroatoms. The number of oxime groups is 1. The molecule has 7 nitrogen and oxygen atoms in total. The monoisotopic (exact) mass is 400 g/mol. The quantitative estimate of drug-likeness (QED) is 0.736. The van der Waals surface area contributed by atoms with E-state index in [4.69, 9.17) is 25.9 Å². The molecule has 2 amide bonds. The summed E-state index contributed by atoms with van der Waals surface area (Å²) in [6, 6.07) is 11.8. The van der Waals surface area contributed by atoms with Gasteiger partial charge in [0, 0.05) is 17.0 Å². The van der Waals surface area contributed by atoms with E-state index in [1.165, 1.54) is 0 Å². The summed E-state index contributed by atoms with van der Waals surface area (Å²) < 4.78 is 10.6. The molecule has 1 unspecified atom stereocenters. The zero-order valence-corrected chi connectivity index (χ0v) is 16.0. The summed E-state index contributed by atoms with van der Waals surface area (Å²) in [5.41, 5.74) is 0.443. The molecule has 2 aliphatic heterocycles. The van der Waals surface area contributed by atoms with E-state index in [9.17, 15) is 9.59 Å². The summed E-state index contributed by atoms with van der Waals surface area (Å²) in [7, 11) is 3.09. The first-order chi connectivity index (χ1) is 13.5. The molecule has 1 spiro atoms. The molecule has 0 N–H and O–H groups in total. The van der Waals surface area contributed by atoms with Crippen LogP contribution in [0.3, 0.4) is 0 Å². The van der Waals surface area contributed by atoms with Crippen LogP contribution in [0.25, 0.3) is 0 Å². The van der Waals surface area contributed by atoms with Crippen molar-refractivity contribution >= 4 is 34.8 Å². The van der Waals surface area contributed by atoms with Gasteiger partial charge >= 0.3 is 0 Å². The Hall–Kier alpha value is -3.06. The van der Waals surface area contributed by atoms with Crippen LogP contribution in [0.15, 0.2) is 47.6 Å². The molecule has 0 saturated carbocycles. The summed E-state index contributed by atoms with van der Waals surface area (Å²) in [6.07, 6.45) is 0.117. The third-order valence-electron chi connectivity index (χ3n) is 4.86. The highest BCUT2D eigenvalue weighted by atomic mass is 35.5. The molecule has 2 aliphatic rings. The maximum atomic E-state index is 13.1. The van der Waals surface area contributed by atoms with E-state index in [2.05, 4.69) is 5.16 Å². The van der Waals surface area contributed by atoms with Crippen molar-refractivity contribution in [3.05, 3.63) is 53.1 Å². The number of anilines is 1. The zero-order chi connectivity index (χ0) is 19.9. The van der Waals surface area contributed by atoms with Gasteiger partial charge in [-0.25, -0.2) is 4.90 Å². The number of imide groups is 1. The molecule has 2 heterocycles. The molecule has 0 aromatic heterocycles. The van der Waals surface area contributed by atoms with Gasteiger partial charge < -0.3 is 14.3 Å². The van der Waals surface area contributed by atoms with Crippen LogP contribution >= 0.6 is 11.6 Å². The number of carbonyl (C=O) groups excluding carboxylic acids is 2. The van der Waals surface area contributed by atoms with Crippen LogP contribution < -0.4 is 14.4 Å². The highest BCUT2D eigenvalue weighted by Crippen LogP contribution is 2.40. The maximum absolute atomic E-state index is 13.1. The summed E-state index contributed by atoms with van der Waals surface area (Å²) in [4.78, 5) is 32.3. The molecule has 1 saturated heterocycles. The second-order valence-corrected chi connectivity index (χ2v) is 6.99. The van der Waals surface area contributed by atoms with Gasteiger partial charge in [0.05, 0.1) is 32.0 Å². The van der Waals surface area contributed by atoms with Gasteiger partial charge in [-0.1, -0.05) is 16.8 Å². The third-order valence-corrected chi connectivity index (χ3v) is 5.12. The number of rotatable bonds is 4. The van der Waals surface area contributed by atoms with Crippen molar-refractivity contribution in [1.82, 2.24) is 0 Å². The molecule has 28 heavy (non-hydrogen) atoms. The fraction of sp³-hybridized carbons (Fsp3) is 0.250. The molecular weight excluding hydrogens is 384 g/mol. The largest absolute Gasteiger partial charge is 0.493 e. The molecule has 1 fully saturated rings. The van der Waals surface area contributed by atoms with E-state index in [1.54, 1.807) is 56.7 Å². The zero-order valence-electron chi connectivity index (χ0n) is 15.3. The van der Waals surface area contributed by atoms with E-state index in [-0.39, 0.29) is 18.7 Å². The number of methoxy groups -OCH3 is 2. The number of halogens is 1. The Morgan fingerprint density at radius 3 is 2.43 bits per heavy atom. The van der Waals surface area contributed by atoms with Crippen molar-refractivity contribution in [2.45, 2.75) is 18.4 Å². The number of amides is 2. The van der Waals surface area contributed by atoms with E-state index in [1.807, 2.05) is 0 Å². The number of benzene rings is 2. The van der Waals surface area contributed by atoms with Crippen LogP contribution in [0.5, 0.6) is 11.5 Å². The van der Waals surface area contributed by atoms with E-state index in [0.717, 1.165) is 10.5 Å². The average Bonchev–Trinajstić information content (AvgIpc) is 3.23. The van der Waals surface area contributed by atoms with E-state index < -0.39 is 11.5 Å². The van der Waals surface area contributed by atoms with Gasteiger partial charge in [0.2, 0.25) is 11.5 Å². The lowest BCUT2D eigenvalue weighted by molar-refractivity contribution is -0.136. The SMILES string of the molecule is COc1ccc(C2=NOC3(CC(=O)N(c4ccc(Cl)cc4)C3=O)C2)cc1OC. The molecule has 144 valence electrons. The fourth-order valence-corrected chi connectivity index (χ4v) is 3.55. The maximum Gasteiger partial charge on any atom is 0.281 e. The Labute approximate surface area is 166 Å². The van der Waals surface area contributed by atoms with Crippen LogP contribution in [0.2, 0.25) is 5.02 Å². The fourth-order valence-electron chi connectivity index (χ4n) is 3.42. The minimum Gasteiger partial charge on any atom is -0.493 e. The van der Waals surface area contributed by atoms with Gasteiger partial charge in [-0.3, -0.25) is 9.59 Å². The van der Waals surface area contributed by atoms with Gasteiger partial charge in [-0.05, 0) is 42.5 Å². The Bertz CT molecular complexity index is 989. The Kier molecular flexibility index (Phi) is 4.47. The van der Waals surface area contributed by atoms with Crippen LogP contribution in [0.4, 0.5) is 5.69 Å². The summed E-state index contributed by atoms with van der Waals surface area (Å²) in [5.74, 6) is 0.358. The lowest BCUT2D eigenvalue weighted by Crippen LogP contribution is -2.40. The predicted molar refractivity (Wildman–Crippen MR) is 103 cm³/mol. The second-order valence-electron chi connectivity index (χ2n) is 6.56. The minimum absolute atomic E-state index is 0.0747. The van der Waals surface area contributed by atoms with Crippen molar-refractivity contribution < 1.29 is 23.9 Å². The summed E-state index contributed by atoms with van der Waals surface area (Å²) in [6.45, 7) is 0. The number of nitrogens with zero attached hydrogens (tertiary/aromatic N) is 2. The third kappa shape index (κ3) is 2.88. The Morgan fingerprint density at radius 1 is 1.04 bits per heavy atom. The van der Waals surface area contributed by atoms with Crippen molar-refractivity contribution in [2.75, 3.05) is 19.1 Å². The molecule has 0 bridgehead atoms. The van der Waals surface area contributed by atoms with Crippen molar-refractivity contribution in [2.24, 2.45) is 5.16 Å². The van der Waals surface area contributed by atoms with E-state index >= 15 is 0 Å². The number of carbonyl (C=O) groups is 2. The molecule has 4 rings (SSSR count). The van der Waals surface area contributed by atoms with Gasteiger partial charge in [0.25, 0.3) is 5.91 Å². The van der Waals surface area contributed by atoms with Crippen LogP contribution in [0.1, 0.15) is 18.4 Å². The number of ether oxygens (including phenoxy) is 2. The van der Waals surface area contributed by atoms with Gasteiger partial charge in [0.15, 0.2) is 11.5 Å². The molecule has 0 radical (unpaired) electrons. The first kappa shape index (κ1) is 18.3. The average molecular weight is 401 g/mol. The second kappa shape index (κ2) is 6.83. The lowest BCUT2D eigenvalue weighted by Gasteiger charge is -2.19. The van der Waals surface area contributed by atoms with Crippen LogP contribution in [-0.4, -0.2) is 37.3 Å². The Morgan fingerprint density at radius 2 is 1.75 bits per heavy atom. The summed E-state index contributed by atoms with van der Waals surface area (Å²) in [5, 5.41) is 4.62.